The fourth-order valence-corrected chi connectivity index (χ4v) is 4.71. The van der Waals surface area contributed by atoms with E-state index in [0.717, 1.165) is 44.4 Å². The number of likely N-dealkylation sites (tertiary alicyclic amines) is 2. The van der Waals surface area contributed by atoms with Crippen molar-refractivity contribution in [2.45, 2.75) is 51.0 Å². The minimum Gasteiger partial charge on any atom is -0.338 e. The number of aromatic nitrogens is 2. The Hall–Kier alpha value is -2.21. The van der Waals surface area contributed by atoms with Crippen molar-refractivity contribution in [2.75, 3.05) is 26.2 Å². The molecule has 150 valence electrons. The molecule has 2 fully saturated rings. The number of fused-ring (bicyclic) bond motifs is 1. The number of carbonyl (C=O) groups excluding carboxylic acids is 1. The first-order valence-corrected chi connectivity index (χ1v) is 10.6. The van der Waals surface area contributed by atoms with Crippen molar-refractivity contribution >= 4 is 16.7 Å². The first-order valence-electron chi connectivity index (χ1n) is 10.6. The molecule has 2 aromatic rings. The van der Waals surface area contributed by atoms with E-state index in [0.29, 0.717) is 17.1 Å². The van der Waals surface area contributed by atoms with Gasteiger partial charge in [-0.2, -0.15) is 5.10 Å². The van der Waals surface area contributed by atoms with Crippen molar-refractivity contribution in [3.8, 4) is 0 Å². The molecule has 1 aromatic heterocycles. The molecule has 3 heterocycles. The second-order valence-corrected chi connectivity index (χ2v) is 8.20. The minimum atomic E-state index is -0.118. The Morgan fingerprint density at radius 3 is 2.54 bits per heavy atom. The van der Waals surface area contributed by atoms with Crippen LogP contribution in [-0.4, -0.2) is 57.7 Å². The van der Waals surface area contributed by atoms with Crippen LogP contribution in [0.2, 0.25) is 0 Å². The van der Waals surface area contributed by atoms with Gasteiger partial charge in [0.1, 0.15) is 0 Å². The fourth-order valence-electron chi connectivity index (χ4n) is 4.71. The van der Waals surface area contributed by atoms with Crippen molar-refractivity contribution in [1.82, 2.24) is 19.6 Å². The first kappa shape index (κ1) is 19.1. The van der Waals surface area contributed by atoms with E-state index in [9.17, 15) is 9.59 Å². The fraction of sp³-hybridized carbons (Fsp3) is 0.591. The maximum Gasteiger partial charge on any atom is 0.274 e. The molecule has 6 heteroatoms. The number of hydrogen-bond donors (Lipinski definition) is 0. The van der Waals surface area contributed by atoms with E-state index in [-0.39, 0.29) is 17.9 Å². The van der Waals surface area contributed by atoms with E-state index in [4.69, 9.17) is 0 Å². The monoisotopic (exact) mass is 382 g/mol. The third-order valence-electron chi connectivity index (χ3n) is 6.22. The van der Waals surface area contributed by atoms with Crippen LogP contribution in [0.15, 0.2) is 29.1 Å². The lowest BCUT2D eigenvalue weighted by Crippen LogP contribution is -2.50. The van der Waals surface area contributed by atoms with Gasteiger partial charge in [-0.25, -0.2) is 4.68 Å². The van der Waals surface area contributed by atoms with E-state index in [1.165, 1.54) is 30.4 Å². The lowest BCUT2D eigenvalue weighted by molar-refractivity contribution is -0.134. The normalized spacial score (nSPS) is 21.2. The highest BCUT2D eigenvalue weighted by Crippen LogP contribution is 2.22. The summed E-state index contributed by atoms with van der Waals surface area (Å²) in [6.07, 6.45) is 7.49. The third kappa shape index (κ3) is 3.97. The molecular formula is C22H30N4O2. The number of piperidine rings is 2. The van der Waals surface area contributed by atoms with Gasteiger partial charge in [0.15, 0.2) is 0 Å². The molecule has 1 amide bonds. The molecule has 0 aliphatic carbocycles. The Kier molecular flexibility index (Phi) is 5.76. The predicted octanol–water partition coefficient (Wildman–Crippen LogP) is 2.34. The van der Waals surface area contributed by atoms with E-state index < -0.39 is 0 Å². The minimum absolute atomic E-state index is 0.118. The Morgan fingerprint density at radius 2 is 1.75 bits per heavy atom. The van der Waals surface area contributed by atoms with Crippen LogP contribution in [0.3, 0.4) is 0 Å². The molecule has 28 heavy (non-hydrogen) atoms. The summed E-state index contributed by atoms with van der Waals surface area (Å²) in [5.74, 6) is 0.137. The molecule has 1 unspecified atom stereocenters. The number of aryl methyl sites for hydroxylation is 1. The van der Waals surface area contributed by atoms with Crippen molar-refractivity contribution in [3.05, 3.63) is 40.3 Å². The standard InChI is InChI=1S/C22H30N4O2/c1-24-22(28)19-11-4-3-10-18(19)20(23-24)15-21(27)26-14-8-5-9-17(26)16-25-12-6-2-7-13-25/h3-4,10-11,17H,2,5-9,12-16H2,1H3. The lowest BCUT2D eigenvalue weighted by atomic mass is 9.99. The Morgan fingerprint density at radius 1 is 1.04 bits per heavy atom. The molecule has 0 bridgehead atoms. The van der Waals surface area contributed by atoms with Crippen LogP contribution in [0.5, 0.6) is 0 Å². The predicted molar refractivity (Wildman–Crippen MR) is 110 cm³/mol. The van der Waals surface area contributed by atoms with E-state index in [2.05, 4.69) is 14.9 Å². The van der Waals surface area contributed by atoms with Gasteiger partial charge in [0.25, 0.3) is 5.56 Å². The molecular weight excluding hydrogens is 352 g/mol. The summed E-state index contributed by atoms with van der Waals surface area (Å²) in [7, 11) is 1.66. The average Bonchev–Trinajstić information content (AvgIpc) is 2.73. The molecule has 0 radical (unpaired) electrons. The number of carbonyl (C=O) groups is 1. The SMILES string of the molecule is Cn1nc(CC(=O)N2CCCCC2CN2CCCCC2)c2ccccc2c1=O. The zero-order valence-electron chi connectivity index (χ0n) is 16.8. The maximum atomic E-state index is 13.2. The van der Waals surface area contributed by atoms with Gasteiger partial charge in [0.2, 0.25) is 5.91 Å². The van der Waals surface area contributed by atoms with E-state index >= 15 is 0 Å². The summed E-state index contributed by atoms with van der Waals surface area (Å²) in [5.41, 5.74) is 0.581. The van der Waals surface area contributed by atoms with Gasteiger partial charge < -0.3 is 9.80 Å². The molecule has 2 aliphatic rings. The second-order valence-electron chi connectivity index (χ2n) is 8.20. The molecule has 1 atom stereocenters. The van der Waals surface area contributed by atoms with Gasteiger partial charge in [-0.1, -0.05) is 24.6 Å². The Labute approximate surface area is 166 Å². The molecule has 6 nitrogen and oxygen atoms in total. The summed E-state index contributed by atoms with van der Waals surface area (Å²) in [4.78, 5) is 30.2. The van der Waals surface area contributed by atoms with E-state index in [1.807, 2.05) is 24.3 Å². The van der Waals surface area contributed by atoms with Crippen LogP contribution < -0.4 is 5.56 Å². The third-order valence-corrected chi connectivity index (χ3v) is 6.22. The van der Waals surface area contributed by atoms with Gasteiger partial charge >= 0.3 is 0 Å². The zero-order chi connectivity index (χ0) is 19.5. The molecule has 4 rings (SSSR count). The summed E-state index contributed by atoms with van der Waals surface area (Å²) in [6.45, 7) is 4.14. The van der Waals surface area contributed by atoms with Crippen LogP contribution >= 0.6 is 0 Å². The van der Waals surface area contributed by atoms with Gasteiger partial charge in [-0.3, -0.25) is 9.59 Å². The van der Waals surface area contributed by atoms with Gasteiger partial charge in [0, 0.05) is 31.6 Å². The van der Waals surface area contributed by atoms with E-state index in [1.54, 1.807) is 7.05 Å². The van der Waals surface area contributed by atoms with Crippen molar-refractivity contribution < 1.29 is 4.79 Å². The second kappa shape index (κ2) is 8.43. The largest absolute Gasteiger partial charge is 0.338 e. The smallest absolute Gasteiger partial charge is 0.274 e. The highest BCUT2D eigenvalue weighted by Gasteiger charge is 2.29. The van der Waals surface area contributed by atoms with Crippen molar-refractivity contribution in [2.24, 2.45) is 7.05 Å². The number of hydrogen-bond acceptors (Lipinski definition) is 4. The quantitative estimate of drug-likeness (QED) is 0.814. The maximum absolute atomic E-state index is 13.2. The molecule has 0 N–H and O–H groups in total. The van der Waals surface area contributed by atoms with Crippen molar-refractivity contribution in [3.63, 3.8) is 0 Å². The summed E-state index contributed by atoms with van der Waals surface area (Å²) in [6, 6.07) is 7.77. The van der Waals surface area contributed by atoms with Gasteiger partial charge in [0.05, 0.1) is 17.5 Å². The first-order chi connectivity index (χ1) is 13.6. The summed E-state index contributed by atoms with van der Waals surface area (Å²) in [5, 5.41) is 5.85. The average molecular weight is 383 g/mol. The summed E-state index contributed by atoms with van der Waals surface area (Å²) >= 11 is 0. The molecule has 0 spiro atoms. The molecule has 1 aromatic carbocycles. The van der Waals surface area contributed by atoms with Crippen LogP contribution in [-0.2, 0) is 18.3 Å². The molecule has 2 aliphatic heterocycles. The van der Waals surface area contributed by atoms with Gasteiger partial charge in [-0.05, 0) is 51.3 Å². The Bertz CT molecular complexity index is 901. The van der Waals surface area contributed by atoms with Gasteiger partial charge in [-0.15, -0.1) is 0 Å². The number of rotatable bonds is 4. The number of nitrogens with zero attached hydrogens (tertiary/aromatic N) is 4. The molecule has 2 saturated heterocycles. The highest BCUT2D eigenvalue weighted by molar-refractivity contribution is 5.88. The van der Waals surface area contributed by atoms with Crippen LogP contribution in [0.1, 0.15) is 44.2 Å². The summed E-state index contributed by atoms with van der Waals surface area (Å²) < 4.78 is 1.35. The zero-order valence-corrected chi connectivity index (χ0v) is 16.8. The van der Waals surface area contributed by atoms with Crippen LogP contribution in [0.4, 0.5) is 0 Å². The van der Waals surface area contributed by atoms with Crippen LogP contribution in [0, 0.1) is 0 Å². The highest BCUT2D eigenvalue weighted by atomic mass is 16.2. The Balaban J connectivity index is 1.54. The number of benzene rings is 1. The lowest BCUT2D eigenvalue weighted by Gasteiger charge is -2.39. The number of amides is 1. The molecule has 0 saturated carbocycles. The van der Waals surface area contributed by atoms with Crippen molar-refractivity contribution in [1.29, 1.82) is 0 Å². The van der Waals surface area contributed by atoms with Crippen LogP contribution in [0.25, 0.3) is 10.8 Å². The topological polar surface area (TPSA) is 58.4 Å².